The first kappa shape index (κ1) is 17.9. The molecule has 120 valence electrons. The van der Waals surface area contributed by atoms with Crippen LogP contribution in [0.1, 0.15) is 47.5 Å². The first-order chi connectivity index (χ1) is 9.40. The first-order valence-corrected chi connectivity index (χ1v) is 8.25. The molecule has 0 aromatic heterocycles. The third-order valence-corrected chi connectivity index (χ3v) is 4.44. The van der Waals surface area contributed by atoms with Crippen molar-refractivity contribution < 1.29 is 5.11 Å². The number of hydrogen-bond acceptors (Lipinski definition) is 4. The van der Waals surface area contributed by atoms with Gasteiger partial charge in [-0.05, 0) is 39.8 Å². The van der Waals surface area contributed by atoms with Gasteiger partial charge in [-0.3, -0.25) is 4.90 Å². The Morgan fingerprint density at radius 2 is 2.05 bits per heavy atom. The van der Waals surface area contributed by atoms with Crippen LogP contribution in [0.3, 0.4) is 0 Å². The molecule has 0 radical (unpaired) electrons. The van der Waals surface area contributed by atoms with Crippen LogP contribution in [0.2, 0.25) is 0 Å². The molecule has 0 bridgehead atoms. The summed E-state index contributed by atoms with van der Waals surface area (Å²) in [6, 6.07) is 1.09. The van der Waals surface area contributed by atoms with Crippen LogP contribution in [0, 0.1) is 0 Å². The summed E-state index contributed by atoms with van der Waals surface area (Å²) in [5, 5.41) is 13.1. The second-order valence-corrected chi connectivity index (χ2v) is 6.90. The number of likely N-dealkylation sites (N-methyl/N-ethyl adjacent to an activating group) is 1. The fraction of sp³-hybridized carbons (Fsp3) is 1.00. The predicted molar refractivity (Wildman–Crippen MR) is 86.1 cm³/mol. The number of nitrogens with one attached hydrogen (secondary N) is 1. The molecule has 0 aromatic rings. The molecule has 4 heteroatoms. The van der Waals surface area contributed by atoms with Crippen LogP contribution in [0.5, 0.6) is 0 Å². The maximum Gasteiger partial charge on any atom is 0.0610 e. The van der Waals surface area contributed by atoms with Crippen molar-refractivity contribution in [3.05, 3.63) is 0 Å². The molecule has 4 nitrogen and oxygen atoms in total. The molecule has 1 fully saturated rings. The smallest absolute Gasteiger partial charge is 0.0610 e. The van der Waals surface area contributed by atoms with Crippen molar-refractivity contribution in [2.24, 2.45) is 0 Å². The Bertz CT molecular complexity index is 272. The van der Waals surface area contributed by atoms with Crippen LogP contribution in [0.25, 0.3) is 0 Å². The summed E-state index contributed by atoms with van der Waals surface area (Å²) in [6.07, 6.45) is 2.18. The van der Waals surface area contributed by atoms with Crippen LogP contribution < -0.4 is 5.32 Å². The van der Waals surface area contributed by atoms with Crippen molar-refractivity contribution >= 4 is 0 Å². The molecule has 1 rings (SSSR count). The van der Waals surface area contributed by atoms with Crippen molar-refractivity contribution in [1.82, 2.24) is 15.1 Å². The van der Waals surface area contributed by atoms with Crippen molar-refractivity contribution in [2.75, 3.05) is 39.3 Å². The van der Waals surface area contributed by atoms with Gasteiger partial charge < -0.3 is 15.3 Å². The maximum atomic E-state index is 9.60. The average Bonchev–Trinajstić information content (AvgIpc) is 2.38. The Kier molecular flexibility index (Phi) is 7.45. The van der Waals surface area contributed by atoms with Gasteiger partial charge in [0.1, 0.15) is 0 Å². The lowest BCUT2D eigenvalue weighted by molar-refractivity contribution is 0.0822. The fourth-order valence-corrected chi connectivity index (χ4v) is 3.33. The van der Waals surface area contributed by atoms with E-state index in [2.05, 4.69) is 49.7 Å². The van der Waals surface area contributed by atoms with Crippen LogP contribution in [-0.4, -0.2) is 71.9 Å². The van der Waals surface area contributed by atoms with E-state index in [9.17, 15) is 5.11 Å². The molecular weight excluding hydrogens is 250 g/mol. The number of aliphatic hydroxyl groups is 1. The number of hydrogen-bond donors (Lipinski definition) is 2. The Labute approximate surface area is 125 Å². The zero-order valence-electron chi connectivity index (χ0n) is 14.2. The number of nitrogens with zero attached hydrogens (tertiary/aromatic N) is 2. The van der Waals surface area contributed by atoms with Crippen molar-refractivity contribution in [3.8, 4) is 0 Å². The molecule has 1 saturated heterocycles. The lowest BCUT2D eigenvalue weighted by Gasteiger charge is -2.40. The molecular formula is C16H35N3O. The van der Waals surface area contributed by atoms with Crippen LogP contribution in [-0.2, 0) is 0 Å². The zero-order valence-corrected chi connectivity index (χ0v) is 14.2. The Hall–Kier alpha value is -0.160. The van der Waals surface area contributed by atoms with E-state index in [4.69, 9.17) is 0 Å². The minimum atomic E-state index is -0.134. The number of piperazine rings is 1. The van der Waals surface area contributed by atoms with Crippen molar-refractivity contribution in [1.29, 1.82) is 0 Å². The van der Waals surface area contributed by atoms with Gasteiger partial charge in [-0.25, -0.2) is 0 Å². The van der Waals surface area contributed by atoms with E-state index >= 15 is 0 Å². The van der Waals surface area contributed by atoms with E-state index in [0.29, 0.717) is 12.1 Å². The average molecular weight is 285 g/mol. The van der Waals surface area contributed by atoms with E-state index in [-0.39, 0.29) is 12.1 Å². The lowest BCUT2D eigenvalue weighted by atomic mass is 9.95. The normalized spacial score (nSPS) is 25.1. The molecule has 0 aliphatic carbocycles. The summed E-state index contributed by atoms with van der Waals surface area (Å²) < 4.78 is 0. The van der Waals surface area contributed by atoms with Crippen LogP contribution in [0.15, 0.2) is 0 Å². The molecule has 1 heterocycles. The quantitative estimate of drug-likeness (QED) is 0.710. The summed E-state index contributed by atoms with van der Waals surface area (Å²) in [6.45, 7) is 17.1. The van der Waals surface area contributed by atoms with Gasteiger partial charge in [-0.15, -0.1) is 0 Å². The molecule has 2 N–H and O–H groups in total. The van der Waals surface area contributed by atoms with Gasteiger partial charge in [0.15, 0.2) is 0 Å². The highest BCUT2D eigenvalue weighted by Crippen LogP contribution is 2.15. The third-order valence-electron chi connectivity index (χ3n) is 4.44. The molecule has 0 spiro atoms. The zero-order chi connectivity index (χ0) is 15.2. The summed E-state index contributed by atoms with van der Waals surface area (Å²) in [4.78, 5) is 5.12. The second-order valence-electron chi connectivity index (χ2n) is 6.90. The maximum absolute atomic E-state index is 9.60. The van der Waals surface area contributed by atoms with Gasteiger partial charge >= 0.3 is 0 Å². The largest absolute Gasteiger partial charge is 0.394 e. The molecule has 0 aromatic carbocycles. The van der Waals surface area contributed by atoms with Gasteiger partial charge in [0.25, 0.3) is 0 Å². The van der Waals surface area contributed by atoms with Gasteiger partial charge in [0.2, 0.25) is 0 Å². The molecule has 1 aliphatic rings. The standard InChI is InChI=1S/C16H35N3O/c1-6-19-11-10-18(12-15(19)4)9-7-8-16(5,13-20)17-14(2)3/h14-15,17,20H,6-13H2,1-5H3. The molecule has 2 atom stereocenters. The summed E-state index contributed by atoms with van der Waals surface area (Å²) in [7, 11) is 0. The Balaban J connectivity index is 2.30. The van der Waals surface area contributed by atoms with Gasteiger partial charge in [-0.2, -0.15) is 0 Å². The van der Waals surface area contributed by atoms with Crippen LogP contribution in [0.4, 0.5) is 0 Å². The highest BCUT2D eigenvalue weighted by molar-refractivity contribution is 4.85. The van der Waals surface area contributed by atoms with Gasteiger partial charge in [0.05, 0.1) is 6.61 Å². The third kappa shape index (κ3) is 5.68. The monoisotopic (exact) mass is 285 g/mol. The number of aliphatic hydroxyl groups excluding tert-OH is 1. The Morgan fingerprint density at radius 3 is 2.55 bits per heavy atom. The van der Waals surface area contributed by atoms with E-state index in [1.165, 1.54) is 19.6 Å². The van der Waals surface area contributed by atoms with Crippen molar-refractivity contribution in [2.45, 2.75) is 65.1 Å². The minimum Gasteiger partial charge on any atom is -0.394 e. The summed E-state index contributed by atoms with van der Waals surface area (Å²) in [5.74, 6) is 0. The summed E-state index contributed by atoms with van der Waals surface area (Å²) >= 11 is 0. The van der Waals surface area contributed by atoms with E-state index in [1.54, 1.807) is 0 Å². The fourth-order valence-electron chi connectivity index (χ4n) is 3.33. The van der Waals surface area contributed by atoms with E-state index < -0.39 is 0 Å². The van der Waals surface area contributed by atoms with Crippen molar-refractivity contribution in [3.63, 3.8) is 0 Å². The SMILES string of the molecule is CCN1CCN(CCCC(C)(CO)NC(C)C)CC1C. The molecule has 1 aliphatic heterocycles. The van der Waals surface area contributed by atoms with Gasteiger partial charge in [-0.1, -0.05) is 20.8 Å². The van der Waals surface area contributed by atoms with E-state index in [0.717, 1.165) is 25.9 Å². The molecule has 2 unspecified atom stereocenters. The lowest BCUT2D eigenvalue weighted by Crippen LogP contribution is -2.52. The molecule has 0 amide bonds. The highest BCUT2D eigenvalue weighted by atomic mass is 16.3. The molecule has 20 heavy (non-hydrogen) atoms. The predicted octanol–water partition coefficient (Wildman–Crippen LogP) is 1.54. The van der Waals surface area contributed by atoms with E-state index in [1.807, 2.05) is 0 Å². The summed E-state index contributed by atoms with van der Waals surface area (Å²) in [5.41, 5.74) is -0.134. The first-order valence-electron chi connectivity index (χ1n) is 8.25. The number of rotatable bonds is 8. The molecule has 0 saturated carbocycles. The van der Waals surface area contributed by atoms with Gasteiger partial charge in [0, 0.05) is 37.3 Å². The minimum absolute atomic E-state index is 0.134. The highest BCUT2D eigenvalue weighted by Gasteiger charge is 2.25. The topological polar surface area (TPSA) is 38.7 Å². The van der Waals surface area contributed by atoms with Crippen LogP contribution >= 0.6 is 0 Å². The Morgan fingerprint density at radius 1 is 1.35 bits per heavy atom. The second kappa shape index (κ2) is 8.32.